The van der Waals surface area contributed by atoms with Crippen molar-refractivity contribution in [2.24, 2.45) is 7.05 Å². The average molecular weight is 520 g/mol. The van der Waals surface area contributed by atoms with Crippen LogP contribution in [0.5, 0.6) is 0 Å². The number of benzene rings is 1. The molecule has 1 aliphatic carbocycles. The number of carbonyl (C=O) groups is 1. The third kappa shape index (κ3) is 4.35. The van der Waals surface area contributed by atoms with Crippen LogP contribution in [-0.2, 0) is 7.05 Å². The Morgan fingerprint density at radius 2 is 1.78 bits per heavy atom. The summed E-state index contributed by atoms with van der Waals surface area (Å²) in [6, 6.07) is 10.3. The van der Waals surface area contributed by atoms with E-state index in [1.807, 2.05) is 26.0 Å². The number of nitrogens with zero attached hydrogens (tertiary/aromatic N) is 5. The number of hydrogen-bond donors (Lipinski definition) is 0. The summed E-state index contributed by atoms with van der Waals surface area (Å²) in [5.41, 5.74) is 5.02. The van der Waals surface area contributed by atoms with E-state index in [2.05, 4.69) is 9.97 Å². The Bertz CT molecular complexity index is 1590. The van der Waals surface area contributed by atoms with Crippen molar-refractivity contribution in [3.05, 3.63) is 98.2 Å². The summed E-state index contributed by atoms with van der Waals surface area (Å²) in [5.74, 6) is 0.150. The van der Waals surface area contributed by atoms with E-state index in [0.717, 1.165) is 28.8 Å². The highest BCUT2D eigenvalue weighted by Crippen LogP contribution is 2.55. The van der Waals surface area contributed by atoms with Gasteiger partial charge in [0.05, 0.1) is 23.3 Å². The Labute approximate surface area is 219 Å². The largest absolute Gasteiger partial charge is 0.342 e. The molecule has 7 nitrogen and oxygen atoms in total. The van der Waals surface area contributed by atoms with Crippen molar-refractivity contribution in [1.29, 1.82) is 0 Å². The number of pyridine rings is 2. The maximum absolute atomic E-state index is 13.6. The smallest absolute Gasteiger partial charge is 0.289 e. The van der Waals surface area contributed by atoms with Crippen LogP contribution >= 0.6 is 11.6 Å². The molecule has 0 spiro atoms. The summed E-state index contributed by atoms with van der Waals surface area (Å²) in [6.07, 6.45) is 4.16. The average Bonchev–Trinajstić information content (AvgIpc) is 3.57. The zero-order valence-electron chi connectivity index (χ0n) is 21.3. The van der Waals surface area contributed by atoms with Crippen molar-refractivity contribution in [3.8, 4) is 17.1 Å². The van der Waals surface area contributed by atoms with Gasteiger partial charge in [-0.3, -0.25) is 19.1 Å². The summed E-state index contributed by atoms with van der Waals surface area (Å²) >= 11 is 6.67. The molecule has 0 aliphatic heterocycles. The second-order valence-corrected chi connectivity index (χ2v) is 10.2. The molecule has 1 fully saturated rings. The van der Waals surface area contributed by atoms with Crippen LogP contribution in [-0.4, -0.2) is 44.0 Å². The van der Waals surface area contributed by atoms with Gasteiger partial charge in [-0.1, -0.05) is 23.7 Å². The highest BCUT2D eigenvalue weighted by molar-refractivity contribution is 6.31. The number of halogens is 2. The first-order valence-corrected chi connectivity index (χ1v) is 12.3. The Hall–Kier alpha value is -3.78. The molecule has 1 saturated carbocycles. The van der Waals surface area contributed by atoms with Crippen LogP contribution in [0.15, 0.2) is 53.6 Å². The first-order chi connectivity index (χ1) is 17.6. The predicted molar refractivity (Wildman–Crippen MR) is 141 cm³/mol. The predicted octanol–water partition coefficient (Wildman–Crippen LogP) is 5.02. The quantitative estimate of drug-likeness (QED) is 0.371. The molecule has 4 aromatic rings. The topological polar surface area (TPSA) is 73.0 Å². The number of rotatable bonds is 5. The number of hydrogen-bond acceptors (Lipinski definition) is 4. The van der Waals surface area contributed by atoms with Gasteiger partial charge in [0.15, 0.2) is 5.82 Å². The molecule has 2 atom stereocenters. The van der Waals surface area contributed by atoms with Gasteiger partial charge in [-0.2, -0.15) is 0 Å². The zero-order chi connectivity index (χ0) is 26.6. The number of aromatic nitrogens is 4. The molecule has 0 radical (unpaired) electrons. The molecular formula is C28H27ClFN5O2. The van der Waals surface area contributed by atoms with Crippen molar-refractivity contribution < 1.29 is 9.18 Å². The lowest BCUT2D eigenvalue weighted by atomic mass is 10.0. The molecule has 0 saturated heterocycles. The molecule has 5 rings (SSSR count). The minimum Gasteiger partial charge on any atom is -0.342 e. The van der Waals surface area contributed by atoms with E-state index in [4.69, 9.17) is 11.6 Å². The van der Waals surface area contributed by atoms with Crippen molar-refractivity contribution in [2.75, 3.05) is 14.1 Å². The summed E-state index contributed by atoms with van der Waals surface area (Å²) in [6.45, 7) is 3.77. The molecule has 1 unspecified atom stereocenters. The Balaban J connectivity index is 1.53. The summed E-state index contributed by atoms with van der Waals surface area (Å²) in [5, 5.41) is 0.192. The first kappa shape index (κ1) is 24.9. The molecule has 37 heavy (non-hydrogen) atoms. The number of aryl methyl sites for hydroxylation is 2. The van der Waals surface area contributed by atoms with E-state index in [-0.39, 0.29) is 34.1 Å². The molecule has 1 aromatic carbocycles. The minimum absolute atomic E-state index is 0.121. The fourth-order valence-corrected chi connectivity index (χ4v) is 5.14. The standard InChI is InChI=1S/C28H27ClFN5O2/c1-15-13-31-22(24-14-32-26(34(24)5)28(37)33(3)4)12-23(15)35-16(2)10-21(25(29)27(35)36)20-11-19(20)17-6-8-18(30)9-7-17/h6-10,12-14,19-20H,11H2,1-5H3/t19?,20-/m1/s1. The van der Waals surface area contributed by atoms with Crippen LogP contribution in [0.4, 0.5) is 4.39 Å². The van der Waals surface area contributed by atoms with Gasteiger partial charge in [0.25, 0.3) is 11.5 Å². The fraction of sp³-hybridized carbons (Fsp3) is 0.286. The van der Waals surface area contributed by atoms with Gasteiger partial charge >= 0.3 is 0 Å². The van der Waals surface area contributed by atoms with E-state index in [9.17, 15) is 14.0 Å². The summed E-state index contributed by atoms with van der Waals surface area (Å²) < 4.78 is 16.6. The van der Waals surface area contributed by atoms with E-state index in [1.165, 1.54) is 17.0 Å². The van der Waals surface area contributed by atoms with Crippen molar-refractivity contribution in [1.82, 2.24) is 24.0 Å². The van der Waals surface area contributed by atoms with Gasteiger partial charge in [-0.25, -0.2) is 9.37 Å². The van der Waals surface area contributed by atoms with Crippen LogP contribution in [0.3, 0.4) is 0 Å². The monoisotopic (exact) mass is 519 g/mol. The van der Waals surface area contributed by atoms with Gasteiger partial charge in [0, 0.05) is 33.0 Å². The van der Waals surface area contributed by atoms with Crippen LogP contribution in [0.2, 0.25) is 5.02 Å². The number of amides is 1. The van der Waals surface area contributed by atoms with E-state index >= 15 is 0 Å². The second-order valence-electron chi connectivity index (χ2n) is 9.78. The molecule has 1 amide bonds. The van der Waals surface area contributed by atoms with Crippen LogP contribution in [0.25, 0.3) is 17.1 Å². The highest BCUT2D eigenvalue weighted by atomic mass is 35.5. The lowest BCUT2D eigenvalue weighted by Gasteiger charge is -2.17. The minimum atomic E-state index is -0.296. The van der Waals surface area contributed by atoms with Crippen LogP contribution in [0, 0.1) is 19.7 Å². The fourth-order valence-electron chi connectivity index (χ4n) is 4.86. The molecule has 0 bridgehead atoms. The van der Waals surface area contributed by atoms with E-state index < -0.39 is 0 Å². The van der Waals surface area contributed by atoms with Crippen LogP contribution < -0.4 is 5.56 Å². The highest BCUT2D eigenvalue weighted by Gasteiger charge is 2.41. The molecular weight excluding hydrogens is 493 g/mol. The van der Waals surface area contributed by atoms with Gasteiger partial charge < -0.3 is 9.47 Å². The van der Waals surface area contributed by atoms with Gasteiger partial charge in [0.1, 0.15) is 10.8 Å². The number of imidazole rings is 1. The van der Waals surface area contributed by atoms with Gasteiger partial charge in [-0.15, -0.1) is 0 Å². The van der Waals surface area contributed by atoms with E-state index in [1.54, 1.807) is 54.8 Å². The maximum Gasteiger partial charge on any atom is 0.289 e. The SMILES string of the molecule is Cc1cnc(-c2cnc(C(=O)N(C)C)n2C)cc1-n1c(C)cc([C@@H]2CC2c2ccc(F)cc2)c(Cl)c1=O. The molecule has 9 heteroatoms. The number of carbonyl (C=O) groups excluding carboxylic acids is 1. The molecule has 3 aromatic heterocycles. The summed E-state index contributed by atoms with van der Waals surface area (Å²) in [4.78, 5) is 36.3. The Kier molecular flexibility index (Phi) is 6.23. The van der Waals surface area contributed by atoms with Crippen molar-refractivity contribution in [2.45, 2.75) is 32.1 Å². The normalized spacial score (nSPS) is 16.6. The lowest BCUT2D eigenvalue weighted by Crippen LogP contribution is -2.25. The van der Waals surface area contributed by atoms with Crippen LogP contribution in [0.1, 0.15) is 51.3 Å². The van der Waals surface area contributed by atoms with E-state index in [0.29, 0.717) is 22.9 Å². The third-order valence-electron chi connectivity index (χ3n) is 7.01. The zero-order valence-corrected chi connectivity index (χ0v) is 22.0. The lowest BCUT2D eigenvalue weighted by molar-refractivity contribution is 0.0812. The molecule has 0 N–H and O–H groups in total. The van der Waals surface area contributed by atoms with Crippen molar-refractivity contribution >= 4 is 17.5 Å². The first-order valence-electron chi connectivity index (χ1n) is 12.0. The maximum atomic E-state index is 13.6. The molecule has 1 aliphatic rings. The third-order valence-corrected chi connectivity index (χ3v) is 7.39. The van der Waals surface area contributed by atoms with Crippen molar-refractivity contribution in [3.63, 3.8) is 0 Å². The molecule has 3 heterocycles. The summed E-state index contributed by atoms with van der Waals surface area (Å²) in [7, 11) is 5.10. The van der Waals surface area contributed by atoms with Gasteiger partial charge in [-0.05, 0) is 73.1 Å². The second kappa shape index (κ2) is 9.27. The Morgan fingerprint density at radius 3 is 2.46 bits per heavy atom. The van der Waals surface area contributed by atoms with Gasteiger partial charge in [0.2, 0.25) is 0 Å². The Morgan fingerprint density at radius 1 is 1.08 bits per heavy atom. The molecule has 190 valence electrons.